The number of carbonyl (C=O) groups excluding carboxylic acids is 2. The highest BCUT2D eigenvalue weighted by atomic mass is 35.5. The van der Waals surface area contributed by atoms with Crippen LogP contribution in [0, 0.1) is 5.92 Å². The molecule has 2 unspecified atom stereocenters. The molecule has 1 aromatic carbocycles. The van der Waals surface area contributed by atoms with E-state index in [0.717, 1.165) is 12.1 Å². The van der Waals surface area contributed by atoms with E-state index in [0.29, 0.717) is 24.5 Å². The fourth-order valence-corrected chi connectivity index (χ4v) is 3.64. The van der Waals surface area contributed by atoms with Gasteiger partial charge in [-0.05, 0) is 37.1 Å². The van der Waals surface area contributed by atoms with Crippen molar-refractivity contribution in [2.24, 2.45) is 5.92 Å². The van der Waals surface area contributed by atoms with Gasteiger partial charge in [0.25, 0.3) is 0 Å². The average Bonchev–Trinajstić information content (AvgIpc) is 3.14. The maximum Gasteiger partial charge on any atom is 0.305 e. The topological polar surface area (TPSA) is 77.9 Å². The fourth-order valence-electron chi connectivity index (χ4n) is 3.52. The Hall–Kier alpha value is -2.08. The summed E-state index contributed by atoms with van der Waals surface area (Å²) in [5.41, 5.74) is 0.725. The Morgan fingerprint density at radius 2 is 1.96 bits per heavy atom. The van der Waals surface area contributed by atoms with Crippen LogP contribution in [0.3, 0.4) is 0 Å². The number of likely N-dealkylation sites (tertiary alicyclic amines) is 1. The maximum absolute atomic E-state index is 12.7. The van der Waals surface area contributed by atoms with Crippen LogP contribution in [0.1, 0.15) is 25.7 Å². The van der Waals surface area contributed by atoms with E-state index in [9.17, 15) is 14.4 Å². The second-order valence-electron chi connectivity index (χ2n) is 6.31. The minimum atomic E-state index is -0.898. The molecule has 6 nitrogen and oxygen atoms in total. The zero-order valence-electron chi connectivity index (χ0n) is 13.2. The number of carboxylic acid groups (broad SMARTS) is 1. The van der Waals surface area contributed by atoms with Crippen LogP contribution in [-0.2, 0) is 14.4 Å². The quantitative estimate of drug-likeness (QED) is 0.902. The van der Waals surface area contributed by atoms with E-state index in [2.05, 4.69) is 0 Å². The first-order chi connectivity index (χ1) is 11.5. The van der Waals surface area contributed by atoms with Gasteiger partial charge < -0.3 is 14.9 Å². The van der Waals surface area contributed by atoms with E-state index < -0.39 is 11.9 Å². The highest BCUT2D eigenvalue weighted by molar-refractivity contribution is 6.30. The number of halogens is 1. The van der Waals surface area contributed by atoms with Crippen molar-refractivity contribution in [1.82, 2.24) is 4.90 Å². The molecule has 1 aromatic rings. The molecule has 2 aliphatic rings. The molecule has 0 saturated carbocycles. The lowest BCUT2D eigenvalue weighted by atomic mass is 10.1. The van der Waals surface area contributed by atoms with Gasteiger partial charge in [-0.1, -0.05) is 11.6 Å². The zero-order valence-corrected chi connectivity index (χ0v) is 13.9. The molecular formula is C17H19ClN2O4. The van der Waals surface area contributed by atoms with E-state index in [-0.39, 0.29) is 30.7 Å². The zero-order chi connectivity index (χ0) is 17.3. The summed E-state index contributed by atoms with van der Waals surface area (Å²) in [6, 6.07) is 6.69. The second-order valence-corrected chi connectivity index (χ2v) is 6.74. The standard InChI is InChI=1S/C17H19ClN2O4/c18-12-3-5-13(6-4-12)20-10-11(8-15(20)21)17(24)19-7-1-2-14(19)9-16(22)23/h3-6,11,14H,1-2,7-10H2,(H,22,23). The molecule has 24 heavy (non-hydrogen) atoms. The van der Waals surface area contributed by atoms with Crippen LogP contribution < -0.4 is 4.90 Å². The van der Waals surface area contributed by atoms with Gasteiger partial charge in [-0.3, -0.25) is 14.4 Å². The highest BCUT2D eigenvalue weighted by Gasteiger charge is 2.40. The molecule has 0 aliphatic carbocycles. The number of rotatable bonds is 4. The van der Waals surface area contributed by atoms with Gasteiger partial charge in [-0.15, -0.1) is 0 Å². The van der Waals surface area contributed by atoms with Gasteiger partial charge >= 0.3 is 5.97 Å². The third-order valence-electron chi connectivity index (χ3n) is 4.68. The summed E-state index contributed by atoms with van der Waals surface area (Å²) < 4.78 is 0. The van der Waals surface area contributed by atoms with Crippen molar-refractivity contribution >= 4 is 35.1 Å². The van der Waals surface area contributed by atoms with Gasteiger partial charge in [0.15, 0.2) is 0 Å². The second kappa shape index (κ2) is 6.81. The van der Waals surface area contributed by atoms with Gasteiger partial charge in [0.1, 0.15) is 0 Å². The lowest BCUT2D eigenvalue weighted by Gasteiger charge is -2.26. The van der Waals surface area contributed by atoms with Crippen molar-refractivity contribution in [3.05, 3.63) is 29.3 Å². The SMILES string of the molecule is O=C(O)CC1CCCN1C(=O)C1CC(=O)N(c2ccc(Cl)cc2)C1. The Labute approximate surface area is 145 Å². The molecular weight excluding hydrogens is 332 g/mol. The number of benzene rings is 1. The molecule has 0 radical (unpaired) electrons. The van der Waals surface area contributed by atoms with Crippen molar-refractivity contribution in [1.29, 1.82) is 0 Å². The van der Waals surface area contributed by atoms with E-state index in [1.165, 1.54) is 0 Å². The monoisotopic (exact) mass is 350 g/mol. The van der Waals surface area contributed by atoms with Crippen LogP contribution in [0.4, 0.5) is 5.69 Å². The van der Waals surface area contributed by atoms with Crippen molar-refractivity contribution in [3.8, 4) is 0 Å². The molecule has 0 spiro atoms. The first-order valence-corrected chi connectivity index (χ1v) is 8.41. The number of hydrogen-bond acceptors (Lipinski definition) is 3. The lowest BCUT2D eigenvalue weighted by molar-refractivity contribution is -0.141. The summed E-state index contributed by atoms with van der Waals surface area (Å²) in [6.07, 6.45) is 1.65. The van der Waals surface area contributed by atoms with Crippen LogP contribution in [0.15, 0.2) is 24.3 Å². The smallest absolute Gasteiger partial charge is 0.305 e. The number of aliphatic carboxylic acids is 1. The van der Waals surface area contributed by atoms with Crippen molar-refractivity contribution < 1.29 is 19.5 Å². The van der Waals surface area contributed by atoms with E-state index in [1.54, 1.807) is 34.1 Å². The molecule has 7 heteroatoms. The minimum Gasteiger partial charge on any atom is -0.481 e. The van der Waals surface area contributed by atoms with E-state index in [1.807, 2.05) is 0 Å². The number of hydrogen-bond donors (Lipinski definition) is 1. The lowest BCUT2D eigenvalue weighted by Crippen LogP contribution is -2.41. The summed E-state index contributed by atoms with van der Waals surface area (Å²) in [5.74, 6) is -1.51. The number of amides is 2. The van der Waals surface area contributed by atoms with Crippen molar-refractivity contribution in [2.75, 3.05) is 18.0 Å². The van der Waals surface area contributed by atoms with Crippen LogP contribution in [0.2, 0.25) is 5.02 Å². The molecule has 2 heterocycles. The van der Waals surface area contributed by atoms with Crippen molar-refractivity contribution in [3.63, 3.8) is 0 Å². The summed E-state index contributed by atoms with van der Waals surface area (Å²) in [4.78, 5) is 39.2. The number of carboxylic acids is 1. The van der Waals surface area contributed by atoms with Crippen LogP contribution >= 0.6 is 11.6 Å². The van der Waals surface area contributed by atoms with E-state index >= 15 is 0 Å². The Balaban J connectivity index is 1.69. The first kappa shape index (κ1) is 16.8. The molecule has 0 bridgehead atoms. The summed E-state index contributed by atoms with van der Waals surface area (Å²) >= 11 is 5.87. The molecule has 2 fully saturated rings. The maximum atomic E-state index is 12.7. The summed E-state index contributed by atoms with van der Waals surface area (Å²) in [6.45, 7) is 0.901. The summed E-state index contributed by atoms with van der Waals surface area (Å²) in [7, 11) is 0. The molecule has 128 valence electrons. The molecule has 1 N–H and O–H groups in total. The predicted octanol–water partition coefficient (Wildman–Crippen LogP) is 2.16. The van der Waals surface area contributed by atoms with Crippen molar-refractivity contribution in [2.45, 2.75) is 31.7 Å². The molecule has 2 atom stereocenters. The third-order valence-corrected chi connectivity index (χ3v) is 4.94. The summed E-state index contributed by atoms with van der Waals surface area (Å²) in [5, 5.41) is 9.57. The number of anilines is 1. The Morgan fingerprint density at radius 3 is 2.62 bits per heavy atom. The van der Waals surface area contributed by atoms with Gasteiger partial charge in [0.2, 0.25) is 11.8 Å². The third kappa shape index (κ3) is 3.38. The Kier molecular flexibility index (Phi) is 4.76. The molecule has 2 amide bonds. The molecule has 0 aromatic heterocycles. The molecule has 3 rings (SSSR count). The van der Waals surface area contributed by atoms with Crippen LogP contribution in [0.5, 0.6) is 0 Å². The van der Waals surface area contributed by atoms with Gasteiger partial charge in [-0.2, -0.15) is 0 Å². The fraction of sp³-hybridized carbons (Fsp3) is 0.471. The number of nitrogens with zero attached hydrogens (tertiary/aromatic N) is 2. The Morgan fingerprint density at radius 1 is 1.25 bits per heavy atom. The minimum absolute atomic E-state index is 0.0344. The normalized spacial score (nSPS) is 23.8. The van der Waals surface area contributed by atoms with Gasteiger partial charge in [0.05, 0.1) is 12.3 Å². The predicted molar refractivity (Wildman–Crippen MR) is 88.9 cm³/mol. The highest BCUT2D eigenvalue weighted by Crippen LogP contribution is 2.30. The first-order valence-electron chi connectivity index (χ1n) is 8.04. The largest absolute Gasteiger partial charge is 0.481 e. The number of carbonyl (C=O) groups is 3. The molecule has 2 saturated heterocycles. The van der Waals surface area contributed by atoms with Gasteiger partial charge in [-0.25, -0.2) is 0 Å². The van der Waals surface area contributed by atoms with Crippen LogP contribution in [-0.4, -0.2) is 46.9 Å². The molecule has 2 aliphatic heterocycles. The van der Waals surface area contributed by atoms with E-state index in [4.69, 9.17) is 16.7 Å². The van der Waals surface area contributed by atoms with Gasteiger partial charge in [0, 0.05) is 36.3 Å². The average molecular weight is 351 g/mol. The Bertz CT molecular complexity index is 661. The van der Waals surface area contributed by atoms with Crippen LogP contribution in [0.25, 0.3) is 0 Å².